The summed E-state index contributed by atoms with van der Waals surface area (Å²) in [5, 5.41) is 12.8. The third-order valence-electron chi connectivity index (χ3n) is 5.23. The molecule has 0 aliphatic heterocycles. The fourth-order valence-electron chi connectivity index (χ4n) is 3.86. The van der Waals surface area contributed by atoms with Crippen molar-refractivity contribution in [2.45, 2.75) is 51.5 Å². The molecule has 0 heterocycles. The summed E-state index contributed by atoms with van der Waals surface area (Å²) in [5.74, 6) is -0.0628. The molecule has 0 amide bonds. The maximum Gasteiger partial charge on any atom is 0.306 e. The highest BCUT2D eigenvalue weighted by Crippen LogP contribution is 2.33. The molecule has 114 valence electrons. The molecule has 0 spiro atoms. The predicted octanol–water partition coefficient (Wildman–Crippen LogP) is 3.46. The van der Waals surface area contributed by atoms with Crippen molar-refractivity contribution in [1.82, 2.24) is 5.32 Å². The standard InChI is InChI=1S/C18H25NO2/c1-12-2-5-14-8-9-17(16(14)10-12)19-11-13-3-6-15(7-4-13)18(20)21/h2,5,10,13,15,17,19H,3-4,6-9,11H2,1H3,(H,20,21). The highest BCUT2D eigenvalue weighted by molar-refractivity contribution is 5.69. The van der Waals surface area contributed by atoms with Crippen LogP contribution in [0.3, 0.4) is 0 Å². The van der Waals surface area contributed by atoms with E-state index in [0.29, 0.717) is 12.0 Å². The minimum atomic E-state index is -0.610. The maximum absolute atomic E-state index is 11.0. The van der Waals surface area contributed by atoms with Gasteiger partial charge in [0.25, 0.3) is 0 Å². The monoisotopic (exact) mass is 287 g/mol. The second-order valence-electron chi connectivity index (χ2n) is 6.76. The SMILES string of the molecule is Cc1ccc2c(c1)C(NCC1CCC(C(=O)O)CC1)CC2. The first-order valence-corrected chi connectivity index (χ1v) is 8.19. The Balaban J connectivity index is 1.51. The molecule has 0 radical (unpaired) electrons. The number of fused-ring (bicyclic) bond motifs is 1. The summed E-state index contributed by atoms with van der Waals surface area (Å²) < 4.78 is 0. The van der Waals surface area contributed by atoms with Gasteiger partial charge in [-0.25, -0.2) is 0 Å². The summed E-state index contributed by atoms with van der Waals surface area (Å²) in [5.41, 5.74) is 4.31. The number of aliphatic carboxylic acids is 1. The zero-order valence-electron chi connectivity index (χ0n) is 12.8. The molecule has 0 aromatic heterocycles. The van der Waals surface area contributed by atoms with Gasteiger partial charge in [-0.3, -0.25) is 4.79 Å². The summed E-state index contributed by atoms with van der Waals surface area (Å²) in [6, 6.07) is 7.29. The van der Waals surface area contributed by atoms with Crippen LogP contribution in [-0.2, 0) is 11.2 Å². The third-order valence-corrected chi connectivity index (χ3v) is 5.23. The number of hydrogen-bond acceptors (Lipinski definition) is 2. The second-order valence-corrected chi connectivity index (χ2v) is 6.76. The number of carbonyl (C=O) groups is 1. The molecule has 21 heavy (non-hydrogen) atoms. The van der Waals surface area contributed by atoms with Crippen molar-refractivity contribution in [2.75, 3.05) is 6.54 Å². The van der Waals surface area contributed by atoms with E-state index in [-0.39, 0.29) is 5.92 Å². The van der Waals surface area contributed by atoms with E-state index in [1.807, 2.05) is 0 Å². The first-order valence-electron chi connectivity index (χ1n) is 8.19. The van der Waals surface area contributed by atoms with Crippen molar-refractivity contribution in [3.8, 4) is 0 Å². The minimum absolute atomic E-state index is 0.101. The van der Waals surface area contributed by atoms with Crippen LogP contribution in [0.15, 0.2) is 18.2 Å². The van der Waals surface area contributed by atoms with E-state index in [4.69, 9.17) is 5.11 Å². The number of nitrogens with one attached hydrogen (secondary N) is 1. The van der Waals surface area contributed by atoms with Crippen LogP contribution in [0.5, 0.6) is 0 Å². The summed E-state index contributed by atoms with van der Waals surface area (Å²) in [6.45, 7) is 3.19. The van der Waals surface area contributed by atoms with E-state index in [9.17, 15) is 4.79 Å². The Hall–Kier alpha value is -1.35. The van der Waals surface area contributed by atoms with Crippen LogP contribution < -0.4 is 5.32 Å². The van der Waals surface area contributed by atoms with Crippen molar-refractivity contribution in [3.05, 3.63) is 34.9 Å². The van der Waals surface area contributed by atoms with Crippen LogP contribution in [0, 0.1) is 18.8 Å². The van der Waals surface area contributed by atoms with Crippen LogP contribution >= 0.6 is 0 Å². The van der Waals surface area contributed by atoms with E-state index in [1.54, 1.807) is 0 Å². The van der Waals surface area contributed by atoms with Gasteiger partial charge in [0.2, 0.25) is 0 Å². The van der Waals surface area contributed by atoms with Gasteiger partial charge >= 0.3 is 5.97 Å². The molecular formula is C18H25NO2. The molecule has 3 rings (SSSR count). The lowest BCUT2D eigenvalue weighted by molar-refractivity contribution is -0.143. The molecule has 2 aliphatic carbocycles. The van der Waals surface area contributed by atoms with Crippen LogP contribution in [0.2, 0.25) is 0 Å². The summed E-state index contributed by atoms with van der Waals surface area (Å²) >= 11 is 0. The van der Waals surface area contributed by atoms with Gasteiger partial charge in [0.1, 0.15) is 0 Å². The number of rotatable bonds is 4. The lowest BCUT2D eigenvalue weighted by Crippen LogP contribution is -2.30. The van der Waals surface area contributed by atoms with Crippen LogP contribution in [0.1, 0.15) is 54.8 Å². The molecule has 1 unspecified atom stereocenters. The molecule has 1 fully saturated rings. The third kappa shape index (κ3) is 3.29. The van der Waals surface area contributed by atoms with Crippen molar-refractivity contribution in [3.63, 3.8) is 0 Å². The van der Waals surface area contributed by atoms with Crippen LogP contribution in [-0.4, -0.2) is 17.6 Å². The summed E-state index contributed by atoms with van der Waals surface area (Å²) in [4.78, 5) is 11.0. The van der Waals surface area contributed by atoms with Gasteiger partial charge in [0, 0.05) is 6.04 Å². The zero-order valence-corrected chi connectivity index (χ0v) is 12.8. The minimum Gasteiger partial charge on any atom is -0.481 e. The Kier molecular flexibility index (Phi) is 4.29. The molecule has 2 N–H and O–H groups in total. The van der Waals surface area contributed by atoms with E-state index >= 15 is 0 Å². The van der Waals surface area contributed by atoms with Gasteiger partial charge in [0.15, 0.2) is 0 Å². The molecule has 1 saturated carbocycles. The maximum atomic E-state index is 11.0. The Morgan fingerprint density at radius 1 is 1.24 bits per heavy atom. The summed E-state index contributed by atoms with van der Waals surface area (Å²) in [7, 11) is 0. The second kappa shape index (κ2) is 6.18. The number of hydrogen-bond donors (Lipinski definition) is 2. The lowest BCUT2D eigenvalue weighted by atomic mass is 9.82. The molecule has 3 nitrogen and oxygen atoms in total. The van der Waals surface area contributed by atoms with Gasteiger partial charge in [-0.2, -0.15) is 0 Å². The van der Waals surface area contributed by atoms with Crippen molar-refractivity contribution < 1.29 is 9.90 Å². The number of benzene rings is 1. The van der Waals surface area contributed by atoms with E-state index in [1.165, 1.54) is 29.5 Å². The molecule has 1 aromatic carbocycles. The summed E-state index contributed by atoms with van der Waals surface area (Å²) in [6.07, 6.45) is 6.18. The first kappa shape index (κ1) is 14.6. The number of carboxylic acids is 1. The predicted molar refractivity (Wildman–Crippen MR) is 83.3 cm³/mol. The fourth-order valence-corrected chi connectivity index (χ4v) is 3.86. The topological polar surface area (TPSA) is 49.3 Å². The van der Waals surface area contributed by atoms with Crippen molar-refractivity contribution in [1.29, 1.82) is 0 Å². The van der Waals surface area contributed by atoms with Gasteiger partial charge < -0.3 is 10.4 Å². The first-order chi connectivity index (χ1) is 10.1. The van der Waals surface area contributed by atoms with E-state index in [2.05, 4.69) is 30.4 Å². The van der Waals surface area contributed by atoms with Gasteiger partial charge in [-0.15, -0.1) is 0 Å². The molecule has 1 aromatic rings. The number of aryl methyl sites for hydroxylation is 2. The normalized spacial score (nSPS) is 28.3. The molecular weight excluding hydrogens is 262 g/mol. The Labute approximate surface area is 126 Å². The molecule has 1 atom stereocenters. The lowest BCUT2D eigenvalue weighted by Gasteiger charge is -2.27. The Bertz CT molecular complexity index is 518. The molecule has 0 saturated heterocycles. The smallest absolute Gasteiger partial charge is 0.306 e. The van der Waals surface area contributed by atoms with Crippen LogP contribution in [0.4, 0.5) is 0 Å². The molecule has 0 bridgehead atoms. The molecule has 3 heteroatoms. The van der Waals surface area contributed by atoms with Gasteiger partial charge in [-0.05, 0) is 69.0 Å². The average molecular weight is 287 g/mol. The van der Waals surface area contributed by atoms with Crippen molar-refractivity contribution >= 4 is 5.97 Å². The Morgan fingerprint density at radius 2 is 2.00 bits per heavy atom. The molecule has 2 aliphatic rings. The fraction of sp³-hybridized carbons (Fsp3) is 0.611. The Morgan fingerprint density at radius 3 is 2.71 bits per heavy atom. The van der Waals surface area contributed by atoms with E-state index in [0.717, 1.165) is 32.2 Å². The number of carboxylic acid groups (broad SMARTS) is 1. The van der Waals surface area contributed by atoms with Crippen LogP contribution in [0.25, 0.3) is 0 Å². The van der Waals surface area contributed by atoms with Crippen molar-refractivity contribution in [2.24, 2.45) is 11.8 Å². The van der Waals surface area contributed by atoms with Gasteiger partial charge in [0.05, 0.1) is 5.92 Å². The highest BCUT2D eigenvalue weighted by atomic mass is 16.4. The average Bonchev–Trinajstić information content (AvgIpc) is 2.88. The van der Waals surface area contributed by atoms with Gasteiger partial charge in [-0.1, -0.05) is 23.8 Å². The largest absolute Gasteiger partial charge is 0.481 e. The zero-order chi connectivity index (χ0) is 14.8. The highest BCUT2D eigenvalue weighted by Gasteiger charge is 2.27. The quantitative estimate of drug-likeness (QED) is 0.891. The van der Waals surface area contributed by atoms with E-state index < -0.39 is 5.97 Å².